The van der Waals surface area contributed by atoms with Gasteiger partial charge in [-0.05, 0) is 37.5 Å². The number of nitriles is 1. The van der Waals surface area contributed by atoms with Crippen molar-refractivity contribution in [1.29, 1.82) is 5.26 Å². The van der Waals surface area contributed by atoms with Crippen molar-refractivity contribution in [3.8, 4) is 6.07 Å². The molecule has 0 radical (unpaired) electrons. The Morgan fingerprint density at radius 3 is 2.73 bits per heavy atom. The molecule has 22 heavy (non-hydrogen) atoms. The number of fused-ring (bicyclic) bond motifs is 1. The average molecular weight is 315 g/mol. The van der Waals surface area contributed by atoms with Crippen molar-refractivity contribution in [2.45, 2.75) is 24.7 Å². The number of benzene rings is 1. The van der Waals surface area contributed by atoms with Crippen LogP contribution in [-0.2, 0) is 10.0 Å². The van der Waals surface area contributed by atoms with Gasteiger partial charge in [-0.15, -0.1) is 0 Å². The Balaban J connectivity index is 2.02. The Hall–Kier alpha value is -1.97. The molecule has 0 amide bonds. The molecule has 1 aromatic heterocycles. The van der Waals surface area contributed by atoms with E-state index in [1.54, 1.807) is 18.3 Å². The maximum absolute atomic E-state index is 12.9. The number of aromatic nitrogens is 1. The van der Waals surface area contributed by atoms with Crippen LogP contribution in [0.5, 0.6) is 0 Å². The maximum Gasteiger partial charge on any atom is 0.245 e. The highest BCUT2D eigenvalue weighted by atomic mass is 32.2. The number of para-hydroxylation sites is 1. The van der Waals surface area contributed by atoms with E-state index in [1.807, 2.05) is 19.1 Å². The Kier molecular flexibility index (Phi) is 3.85. The summed E-state index contributed by atoms with van der Waals surface area (Å²) in [5.74, 6) is -0.0419. The van der Waals surface area contributed by atoms with Gasteiger partial charge in [0.15, 0.2) is 0 Å². The van der Waals surface area contributed by atoms with Crippen LogP contribution in [0, 0.1) is 24.2 Å². The highest BCUT2D eigenvalue weighted by molar-refractivity contribution is 7.89. The summed E-state index contributed by atoms with van der Waals surface area (Å²) in [7, 11) is -3.57. The third-order valence-corrected chi connectivity index (χ3v) is 6.00. The molecule has 1 aliphatic rings. The molecule has 0 bridgehead atoms. The van der Waals surface area contributed by atoms with Crippen LogP contribution in [0.4, 0.5) is 0 Å². The van der Waals surface area contributed by atoms with E-state index in [0.717, 1.165) is 10.9 Å². The summed E-state index contributed by atoms with van der Waals surface area (Å²) in [6.07, 6.45) is 2.86. The van der Waals surface area contributed by atoms with Gasteiger partial charge >= 0.3 is 0 Å². The van der Waals surface area contributed by atoms with Crippen LogP contribution in [0.15, 0.2) is 35.4 Å². The monoisotopic (exact) mass is 315 g/mol. The summed E-state index contributed by atoms with van der Waals surface area (Å²) in [6.45, 7) is 2.71. The molecule has 0 N–H and O–H groups in total. The van der Waals surface area contributed by atoms with Crippen LogP contribution in [0.2, 0.25) is 0 Å². The summed E-state index contributed by atoms with van der Waals surface area (Å²) in [5.41, 5.74) is 1.51. The standard InChI is InChI=1S/C16H17N3O2S/c1-12-9-14-3-2-4-15(16(14)18-11-12)22(20,21)19-7-5-13(10-17)6-8-19/h2-4,9,11,13H,5-8H2,1H3. The fourth-order valence-electron chi connectivity index (χ4n) is 2.82. The summed E-state index contributed by atoms with van der Waals surface area (Å²) >= 11 is 0. The minimum atomic E-state index is -3.57. The van der Waals surface area contributed by atoms with Gasteiger partial charge in [-0.1, -0.05) is 12.1 Å². The third kappa shape index (κ3) is 2.58. The van der Waals surface area contributed by atoms with Gasteiger partial charge in [0.2, 0.25) is 10.0 Å². The largest absolute Gasteiger partial charge is 0.255 e. The SMILES string of the molecule is Cc1cnc2c(S(=O)(=O)N3CCC(C#N)CC3)cccc2c1. The van der Waals surface area contributed by atoms with Crippen LogP contribution < -0.4 is 0 Å². The molecular weight excluding hydrogens is 298 g/mol. The summed E-state index contributed by atoms with van der Waals surface area (Å²) < 4.78 is 27.2. The maximum atomic E-state index is 12.9. The number of pyridine rings is 1. The molecule has 0 atom stereocenters. The first-order chi connectivity index (χ1) is 10.5. The van der Waals surface area contributed by atoms with E-state index in [0.29, 0.717) is 31.4 Å². The van der Waals surface area contributed by atoms with Crippen LogP contribution in [-0.4, -0.2) is 30.8 Å². The molecule has 5 nitrogen and oxygen atoms in total. The molecule has 1 saturated heterocycles. The highest BCUT2D eigenvalue weighted by Crippen LogP contribution is 2.27. The first-order valence-electron chi connectivity index (χ1n) is 7.27. The van der Waals surface area contributed by atoms with Crippen LogP contribution in [0.3, 0.4) is 0 Å². The zero-order valence-corrected chi connectivity index (χ0v) is 13.2. The van der Waals surface area contributed by atoms with E-state index in [9.17, 15) is 8.42 Å². The summed E-state index contributed by atoms with van der Waals surface area (Å²) in [6, 6.07) is 9.38. The van der Waals surface area contributed by atoms with Gasteiger partial charge in [-0.2, -0.15) is 9.57 Å². The molecular formula is C16H17N3O2S. The smallest absolute Gasteiger partial charge is 0.245 e. The summed E-state index contributed by atoms with van der Waals surface area (Å²) in [5, 5.41) is 9.76. The lowest BCUT2D eigenvalue weighted by Crippen LogP contribution is -2.38. The van der Waals surface area contributed by atoms with Crippen molar-refractivity contribution in [3.63, 3.8) is 0 Å². The topological polar surface area (TPSA) is 74.1 Å². The number of nitrogens with zero attached hydrogens (tertiary/aromatic N) is 3. The molecule has 1 fully saturated rings. The molecule has 114 valence electrons. The molecule has 0 saturated carbocycles. The third-order valence-electron chi connectivity index (χ3n) is 4.06. The Labute approximate surface area is 130 Å². The number of aryl methyl sites for hydroxylation is 1. The minimum Gasteiger partial charge on any atom is -0.255 e. The molecule has 1 aliphatic heterocycles. The predicted octanol–water partition coefficient (Wildman–Crippen LogP) is 2.47. The molecule has 3 rings (SSSR count). The molecule has 2 heterocycles. The van der Waals surface area contributed by atoms with Crippen molar-refractivity contribution in [3.05, 3.63) is 36.0 Å². The Bertz CT molecular complexity index is 847. The summed E-state index contributed by atoms with van der Waals surface area (Å²) in [4.78, 5) is 4.57. The van der Waals surface area contributed by atoms with E-state index in [-0.39, 0.29) is 10.8 Å². The van der Waals surface area contributed by atoms with E-state index in [2.05, 4.69) is 11.1 Å². The Morgan fingerprint density at radius 1 is 1.32 bits per heavy atom. The normalized spacial score (nSPS) is 17.5. The zero-order valence-electron chi connectivity index (χ0n) is 12.4. The fourth-order valence-corrected chi connectivity index (χ4v) is 4.45. The van der Waals surface area contributed by atoms with Crippen molar-refractivity contribution in [2.24, 2.45) is 5.92 Å². The van der Waals surface area contributed by atoms with Gasteiger partial charge in [0, 0.05) is 30.6 Å². The van der Waals surface area contributed by atoms with Crippen molar-refractivity contribution < 1.29 is 8.42 Å². The minimum absolute atomic E-state index is 0.0419. The first-order valence-corrected chi connectivity index (χ1v) is 8.71. The number of rotatable bonds is 2. The van der Waals surface area contributed by atoms with E-state index < -0.39 is 10.0 Å². The fraction of sp³-hybridized carbons (Fsp3) is 0.375. The number of hydrogen-bond donors (Lipinski definition) is 0. The Morgan fingerprint density at radius 2 is 2.05 bits per heavy atom. The second-order valence-corrected chi connectivity index (χ2v) is 7.55. The lowest BCUT2D eigenvalue weighted by atomic mass is 10.0. The van der Waals surface area contributed by atoms with Crippen LogP contribution >= 0.6 is 0 Å². The van der Waals surface area contributed by atoms with Crippen molar-refractivity contribution in [1.82, 2.24) is 9.29 Å². The van der Waals surface area contributed by atoms with Crippen molar-refractivity contribution >= 4 is 20.9 Å². The predicted molar refractivity (Wildman–Crippen MR) is 83.6 cm³/mol. The molecule has 0 unspecified atom stereocenters. The molecule has 6 heteroatoms. The lowest BCUT2D eigenvalue weighted by Gasteiger charge is -2.28. The number of piperidine rings is 1. The van der Waals surface area contributed by atoms with Gasteiger partial charge in [0.1, 0.15) is 4.90 Å². The molecule has 0 spiro atoms. The van der Waals surface area contributed by atoms with Gasteiger partial charge < -0.3 is 0 Å². The van der Waals surface area contributed by atoms with Gasteiger partial charge in [0.25, 0.3) is 0 Å². The molecule has 2 aromatic rings. The van der Waals surface area contributed by atoms with Gasteiger partial charge in [0.05, 0.1) is 11.6 Å². The molecule has 1 aromatic carbocycles. The van der Waals surface area contributed by atoms with Crippen LogP contribution in [0.25, 0.3) is 10.9 Å². The quantitative estimate of drug-likeness (QED) is 0.853. The lowest BCUT2D eigenvalue weighted by molar-refractivity contribution is 0.310. The highest BCUT2D eigenvalue weighted by Gasteiger charge is 2.30. The second-order valence-electron chi connectivity index (χ2n) is 5.65. The van der Waals surface area contributed by atoms with E-state index in [4.69, 9.17) is 5.26 Å². The molecule has 0 aliphatic carbocycles. The zero-order chi connectivity index (χ0) is 15.7. The van der Waals surface area contributed by atoms with Crippen molar-refractivity contribution in [2.75, 3.05) is 13.1 Å². The number of hydrogen-bond acceptors (Lipinski definition) is 4. The van der Waals surface area contributed by atoms with E-state index in [1.165, 1.54) is 4.31 Å². The number of sulfonamides is 1. The van der Waals surface area contributed by atoms with Gasteiger partial charge in [-0.3, -0.25) is 4.98 Å². The van der Waals surface area contributed by atoms with Gasteiger partial charge in [-0.25, -0.2) is 8.42 Å². The average Bonchev–Trinajstić information content (AvgIpc) is 2.54. The van der Waals surface area contributed by atoms with E-state index >= 15 is 0 Å². The van der Waals surface area contributed by atoms with Crippen LogP contribution in [0.1, 0.15) is 18.4 Å². The first kappa shape index (κ1) is 14.9. The second kappa shape index (κ2) is 5.67.